The summed E-state index contributed by atoms with van der Waals surface area (Å²) in [7, 11) is 0. The molecular weight excluding hydrogens is 270 g/mol. The lowest BCUT2D eigenvalue weighted by Crippen LogP contribution is -2.06. The van der Waals surface area contributed by atoms with E-state index in [0.29, 0.717) is 12.0 Å². The Hall–Kier alpha value is -2.21. The van der Waals surface area contributed by atoms with Crippen LogP contribution in [0.5, 0.6) is 0 Å². The van der Waals surface area contributed by atoms with E-state index in [-0.39, 0.29) is 10.6 Å². The highest BCUT2D eigenvalue weighted by Gasteiger charge is 2.13. The topological polar surface area (TPSA) is 77.3 Å². The van der Waals surface area contributed by atoms with Gasteiger partial charge in [0, 0.05) is 49.3 Å². The Kier molecular flexibility index (Phi) is 5.45. The van der Waals surface area contributed by atoms with Crippen LogP contribution in [0.4, 0.5) is 11.4 Å². The van der Waals surface area contributed by atoms with E-state index in [2.05, 4.69) is 17.2 Å². The SMILES string of the molecule is CCCOCCCNc1ccc([N+](=O)[O-])c2cnccc12. The molecule has 6 heteroatoms. The molecule has 2 rings (SSSR count). The van der Waals surface area contributed by atoms with Crippen LogP contribution in [0.15, 0.2) is 30.6 Å². The normalized spacial score (nSPS) is 10.7. The molecule has 0 spiro atoms. The Morgan fingerprint density at radius 2 is 2.14 bits per heavy atom. The molecule has 6 nitrogen and oxygen atoms in total. The van der Waals surface area contributed by atoms with Crippen LogP contribution in [-0.4, -0.2) is 29.7 Å². The van der Waals surface area contributed by atoms with Gasteiger partial charge in [0.05, 0.1) is 10.3 Å². The Morgan fingerprint density at radius 1 is 1.29 bits per heavy atom. The number of nitro groups is 1. The molecule has 0 aliphatic carbocycles. The zero-order valence-electron chi connectivity index (χ0n) is 12.0. The lowest BCUT2D eigenvalue weighted by atomic mass is 10.1. The number of nitrogens with zero attached hydrogens (tertiary/aromatic N) is 2. The van der Waals surface area contributed by atoms with Crippen molar-refractivity contribution in [2.24, 2.45) is 0 Å². The summed E-state index contributed by atoms with van der Waals surface area (Å²) in [5.74, 6) is 0. The second-order valence-corrected chi connectivity index (χ2v) is 4.70. The minimum absolute atomic E-state index is 0.0786. The monoisotopic (exact) mass is 289 g/mol. The van der Waals surface area contributed by atoms with Gasteiger partial charge in [-0.15, -0.1) is 0 Å². The third-order valence-corrected chi connectivity index (χ3v) is 3.12. The molecule has 21 heavy (non-hydrogen) atoms. The molecule has 1 aromatic carbocycles. The standard InChI is InChI=1S/C15H19N3O3/c1-2-9-21-10-3-7-17-14-4-5-15(18(19)20)13-11-16-8-6-12(13)14/h4-6,8,11,17H,2-3,7,9-10H2,1H3. The van der Waals surface area contributed by atoms with E-state index in [4.69, 9.17) is 4.74 Å². The highest BCUT2D eigenvalue weighted by molar-refractivity contribution is 5.99. The Morgan fingerprint density at radius 3 is 2.90 bits per heavy atom. The number of anilines is 1. The van der Waals surface area contributed by atoms with Gasteiger partial charge >= 0.3 is 0 Å². The third-order valence-electron chi connectivity index (χ3n) is 3.12. The lowest BCUT2D eigenvalue weighted by Gasteiger charge is -2.10. The van der Waals surface area contributed by atoms with E-state index >= 15 is 0 Å². The van der Waals surface area contributed by atoms with Gasteiger partial charge in [0.1, 0.15) is 0 Å². The summed E-state index contributed by atoms with van der Waals surface area (Å²) in [5, 5.41) is 15.7. The molecule has 0 atom stereocenters. The average molecular weight is 289 g/mol. The highest BCUT2D eigenvalue weighted by Crippen LogP contribution is 2.30. The smallest absolute Gasteiger partial charge is 0.278 e. The number of nitro benzene ring substituents is 1. The minimum atomic E-state index is -0.383. The molecule has 0 fully saturated rings. The molecule has 1 heterocycles. The number of ether oxygens (including phenoxy) is 1. The summed E-state index contributed by atoms with van der Waals surface area (Å²) in [5.41, 5.74) is 0.962. The molecule has 0 unspecified atom stereocenters. The minimum Gasteiger partial charge on any atom is -0.384 e. The first-order valence-corrected chi connectivity index (χ1v) is 7.06. The van der Waals surface area contributed by atoms with Crippen molar-refractivity contribution < 1.29 is 9.66 Å². The average Bonchev–Trinajstić information content (AvgIpc) is 2.50. The van der Waals surface area contributed by atoms with Crippen LogP contribution < -0.4 is 5.32 Å². The Labute approximate surface area is 123 Å². The summed E-state index contributed by atoms with van der Waals surface area (Å²) in [6, 6.07) is 5.05. The summed E-state index contributed by atoms with van der Waals surface area (Å²) in [4.78, 5) is 14.6. The van der Waals surface area contributed by atoms with Gasteiger partial charge in [-0.05, 0) is 25.0 Å². The molecule has 0 aliphatic rings. The molecule has 1 N–H and O–H groups in total. The number of hydrogen-bond acceptors (Lipinski definition) is 5. The van der Waals surface area contributed by atoms with Crippen LogP contribution in [0.2, 0.25) is 0 Å². The maximum atomic E-state index is 11.0. The van der Waals surface area contributed by atoms with Crippen molar-refractivity contribution in [3.05, 3.63) is 40.7 Å². The predicted octanol–water partition coefficient (Wildman–Crippen LogP) is 3.37. The largest absolute Gasteiger partial charge is 0.384 e. The van der Waals surface area contributed by atoms with Gasteiger partial charge in [-0.2, -0.15) is 0 Å². The number of hydrogen-bond donors (Lipinski definition) is 1. The molecule has 0 aliphatic heterocycles. The maximum absolute atomic E-state index is 11.0. The Balaban J connectivity index is 2.07. The zero-order chi connectivity index (χ0) is 15.1. The number of nitrogens with one attached hydrogen (secondary N) is 1. The first-order chi connectivity index (χ1) is 10.2. The van der Waals surface area contributed by atoms with Gasteiger partial charge < -0.3 is 10.1 Å². The molecule has 0 bridgehead atoms. The number of fused-ring (bicyclic) bond motifs is 1. The molecule has 0 amide bonds. The van der Waals surface area contributed by atoms with E-state index in [1.807, 2.05) is 0 Å². The summed E-state index contributed by atoms with van der Waals surface area (Å²) < 4.78 is 5.42. The molecule has 0 radical (unpaired) electrons. The van der Waals surface area contributed by atoms with Crippen LogP contribution in [0, 0.1) is 10.1 Å². The van der Waals surface area contributed by atoms with Crippen molar-refractivity contribution in [1.82, 2.24) is 4.98 Å². The molecule has 112 valence electrons. The van der Waals surface area contributed by atoms with Crippen LogP contribution in [0.3, 0.4) is 0 Å². The fourth-order valence-electron chi connectivity index (χ4n) is 2.13. The molecular formula is C15H19N3O3. The van der Waals surface area contributed by atoms with Gasteiger partial charge in [-0.3, -0.25) is 15.1 Å². The van der Waals surface area contributed by atoms with Crippen molar-refractivity contribution in [3.8, 4) is 0 Å². The Bertz CT molecular complexity index is 616. The van der Waals surface area contributed by atoms with Gasteiger partial charge in [-0.1, -0.05) is 6.92 Å². The molecule has 0 saturated carbocycles. The zero-order valence-corrected chi connectivity index (χ0v) is 12.0. The molecule has 2 aromatic rings. The van der Waals surface area contributed by atoms with Crippen LogP contribution in [0.1, 0.15) is 19.8 Å². The first-order valence-electron chi connectivity index (χ1n) is 7.06. The second-order valence-electron chi connectivity index (χ2n) is 4.70. The number of benzene rings is 1. The second kappa shape index (κ2) is 7.54. The van der Waals surface area contributed by atoms with Crippen molar-refractivity contribution in [2.75, 3.05) is 25.1 Å². The van der Waals surface area contributed by atoms with Crippen LogP contribution in [-0.2, 0) is 4.74 Å². The predicted molar refractivity (Wildman–Crippen MR) is 82.6 cm³/mol. The van der Waals surface area contributed by atoms with E-state index < -0.39 is 0 Å². The van der Waals surface area contributed by atoms with Gasteiger partial charge in [0.2, 0.25) is 0 Å². The van der Waals surface area contributed by atoms with E-state index in [1.54, 1.807) is 18.3 Å². The van der Waals surface area contributed by atoms with E-state index in [1.165, 1.54) is 12.3 Å². The summed E-state index contributed by atoms with van der Waals surface area (Å²) >= 11 is 0. The van der Waals surface area contributed by atoms with Crippen molar-refractivity contribution in [3.63, 3.8) is 0 Å². The third kappa shape index (κ3) is 3.88. The summed E-state index contributed by atoms with van der Waals surface area (Å²) in [6.45, 7) is 4.34. The maximum Gasteiger partial charge on any atom is 0.278 e. The van der Waals surface area contributed by atoms with Crippen LogP contribution in [0.25, 0.3) is 10.8 Å². The van der Waals surface area contributed by atoms with E-state index in [9.17, 15) is 10.1 Å². The number of aromatic nitrogens is 1. The number of rotatable bonds is 8. The van der Waals surface area contributed by atoms with Gasteiger partial charge in [0.25, 0.3) is 5.69 Å². The number of non-ortho nitro benzene ring substituents is 1. The van der Waals surface area contributed by atoms with Crippen molar-refractivity contribution >= 4 is 22.1 Å². The quantitative estimate of drug-likeness (QED) is 0.458. The van der Waals surface area contributed by atoms with Gasteiger partial charge in [-0.25, -0.2) is 0 Å². The fraction of sp³-hybridized carbons (Fsp3) is 0.400. The van der Waals surface area contributed by atoms with Crippen LogP contribution >= 0.6 is 0 Å². The summed E-state index contributed by atoms with van der Waals surface area (Å²) in [6.07, 6.45) is 5.08. The van der Waals surface area contributed by atoms with Crippen molar-refractivity contribution in [1.29, 1.82) is 0 Å². The van der Waals surface area contributed by atoms with Gasteiger partial charge in [0.15, 0.2) is 0 Å². The molecule has 0 saturated heterocycles. The highest BCUT2D eigenvalue weighted by atomic mass is 16.6. The first kappa shape index (κ1) is 15.2. The molecule has 1 aromatic heterocycles. The number of pyridine rings is 1. The lowest BCUT2D eigenvalue weighted by molar-refractivity contribution is -0.383. The van der Waals surface area contributed by atoms with E-state index in [0.717, 1.165) is 37.1 Å². The van der Waals surface area contributed by atoms with Crippen molar-refractivity contribution in [2.45, 2.75) is 19.8 Å². The fourth-order valence-corrected chi connectivity index (χ4v) is 2.13.